The Bertz CT molecular complexity index is 192. The molecule has 0 radical (unpaired) electrons. The second kappa shape index (κ2) is 18.8. The summed E-state index contributed by atoms with van der Waals surface area (Å²) in [5, 5.41) is 24.9. The molecule has 0 aromatic rings. The summed E-state index contributed by atoms with van der Waals surface area (Å²) in [5.74, 6) is 0. The summed E-state index contributed by atoms with van der Waals surface area (Å²) >= 11 is 0. The van der Waals surface area contributed by atoms with Crippen molar-refractivity contribution in [3.63, 3.8) is 0 Å². The predicted molar refractivity (Wildman–Crippen MR) is 84.0 cm³/mol. The van der Waals surface area contributed by atoms with E-state index in [1.807, 2.05) is 0 Å². The van der Waals surface area contributed by atoms with Gasteiger partial charge in [-0.25, -0.2) is 0 Å². The van der Waals surface area contributed by atoms with Crippen LogP contribution in [-0.2, 0) is 18.9 Å². The van der Waals surface area contributed by atoms with Crippen molar-refractivity contribution in [3.8, 4) is 0 Å². The van der Waals surface area contributed by atoms with Crippen LogP contribution >= 0.6 is 0 Å². The number of hydrogen-bond donors (Lipinski definition) is 3. The van der Waals surface area contributed by atoms with Crippen molar-refractivity contribution in [3.05, 3.63) is 0 Å². The zero-order chi connectivity index (χ0) is 17.1. The van der Waals surface area contributed by atoms with Crippen molar-refractivity contribution < 1.29 is 34.3 Å². The molecular weight excluding hydrogens is 292 g/mol. The molecule has 3 N–H and O–H groups in total. The van der Waals surface area contributed by atoms with Gasteiger partial charge in [0.25, 0.3) is 0 Å². The standard InChI is InChI=1S/C9H20O3.C6H14O4/c1-4-9(2,3)12-8-7-11-6-5-10;7-1-3-9-5-6-10-4-2-8/h10H,4-8H2,1-3H3;7-8H,1-6H2. The Kier molecular flexibility index (Phi) is 20.5. The van der Waals surface area contributed by atoms with E-state index in [1.54, 1.807) is 0 Å². The zero-order valence-electron chi connectivity index (χ0n) is 14.3. The van der Waals surface area contributed by atoms with E-state index in [-0.39, 0.29) is 25.4 Å². The van der Waals surface area contributed by atoms with Crippen LogP contribution in [0.1, 0.15) is 27.2 Å². The van der Waals surface area contributed by atoms with Crippen LogP contribution in [0.2, 0.25) is 0 Å². The van der Waals surface area contributed by atoms with E-state index in [0.29, 0.717) is 46.2 Å². The van der Waals surface area contributed by atoms with Gasteiger partial charge in [0.1, 0.15) is 0 Å². The summed E-state index contributed by atoms with van der Waals surface area (Å²) in [6, 6.07) is 0. The highest BCUT2D eigenvalue weighted by Crippen LogP contribution is 2.12. The van der Waals surface area contributed by atoms with Gasteiger partial charge in [-0.15, -0.1) is 0 Å². The molecule has 0 bridgehead atoms. The molecule has 0 aliphatic carbocycles. The van der Waals surface area contributed by atoms with Crippen molar-refractivity contribution in [2.24, 2.45) is 0 Å². The third-order valence-electron chi connectivity index (χ3n) is 2.65. The van der Waals surface area contributed by atoms with Crippen LogP contribution in [0, 0.1) is 0 Å². The van der Waals surface area contributed by atoms with Crippen LogP contribution in [0.15, 0.2) is 0 Å². The lowest BCUT2D eigenvalue weighted by atomic mass is 10.1. The van der Waals surface area contributed by atoms with Gasteiger partial charge in [-0.05, 0) is 20.3 Å². The lowest BCUT2D eigenvalue weighted by Gasteiger charge is -2.23. The minimum atomic E-state index is -0.0530. The average molecular weight is 326 g/mol. The van der Waals surface area contributed by atoms with Crippen LogP contribution in [0.4, 0.5) is 0 Å². The molecule has 7 nitrogen and oxygen atoms in total. The number of hydrogen-bond acceptors (Lipinski definition) is 7. The Morgan fingerprint density at radius 2 is 1.00 bits per heavy atom. The maximum atomic E-state index is 8.41. The summed E-state index contributed by atoms with van der Waals surface area (Å²) in [6.45, 7) is 9.57. The van der Waals surface area contributed by atoms with E-state index in [9.17, 15) is 0 Å². The fourth-order valence-corrected chi connectivity index (χ4v) is 1.10. The van der Waals surface area contributed by atoms with Crippen LogP contribution in [0.3, 0.4) is 0 Å². The van der Waals surface area contributed by atoms with Gasteiger partial charge in [0.2, 0.25) is 0 Å². The molecule has 0 spiro atoms. The molecule has 0 aliphatic rings. The Morgan fingerprint density at radius 3 is 1.32 bits per heavy atom. The number of aliphatic hydroxyl groups excluding tert-OH is 3. The predicted octanol–water partition coefficient (Wildman–Crippen LogP) is 0.205. The topological polar surface area (TPSA) is 97.6 Å². The van der Waals surface area contributed by atoms with Gasteiger partial charge in [-0.3, -0.25) is 0 Å². The fraction of sp³-hybridized carbons (Fsp3) is 1.00. The Hall–Kier alpha value is -0.280. The van der Waals surface area contributed by atoms with Crippen molar-refractivity contribution in [2.75, 3.05) is 66.1 Å². The molecule has 0 saturated heterocycles. The molecule has 0 saturated carbocycles. The minimum absolute atomic E-state index is 0.0417. The maximum absolute atomic E-state index is 8.41. The van der Waals surface area contributed by atoms with E-state index in [1.165, 1.54) is 0 Å². The highest BCUT2D eigenvalue weighted by molar-refractivity contribution is 4.64. The van der Waals surface area contributed by atoms with Crippen LogP contribution < -0.4 is 0 Å². The van der Waals surface area contributed by atoms with Gasteiger partial charge >= 0.3 is 0 Å². The average Bonchev–Trinajstić information content (AvgIpc) is 2.51. The van der Waals surface area contributed by atoms with E-state index < -0.39 is 0 Å². The van der Waals surface area contributed by atoms with E-state index >= 15 is 0 Å². The van der Waals surface area contributed by atoms with Gasteiger partial charge in [-0.2, -0.15) is 0 Å². The van der Waals surface area contributed by atoms with E-state index in [4.69, 9.17) is 34.3 Å². The van der Waals surface area contributed by atoms with E-state index in [2.05, 4.69) is 20.8 Å². The molecule has 0 aliphatic heterocycles. The summed E-state index contributed by atoms with van der Waals surface area (Å²) < 4.78 is 20.3. The summed E-state index contributed by atoms with van der Waals surface area (Å²) in [4.78, 5) is 0. The van der Waals surface area contributed by atoms with Gasteiger partial charge in [-0.1, -0.05) is 6.92 Å². The lowest BCUT2D eigenvalue weighted by molar-refractivity contribution is -0.0504. The quantitative estimate of drug-likeness (QED) is 0.392. The van der Waals surface area contributed by atoms with Crippen LogP contribution in [0.25, 0.3) is 0 Å². The summed E-state index contributed by atoms with van der Waals surface area (Å²) in [7, 11) is 0. The van der Waals surface area contributed by atoms with Gasteiger partial charge in [0.15, 0.2) is 0 Å². The molecule has 22 heavy (non-hydrogen) atoms. The lowest BCUT2D eigenvalue weighted by Crippen LogP contribution is -2.25. The first kappa shape index (κ1) is 24.0. The monoisotopic (exact) mass is 326 g/mol. The maximum Gasteiger partial charge on any atom is 0.0707 e. The number of ether oxygens (including phenoxy) is 4. The summed E-state index contributed by atoms with van der Waals surface area (Å²) in [6.07, 6.45) is 0.993. The summed E-state index contributed by atoms with van der Waals surface area (Å²) in [5.41, 5.74) is -0.0530. The second-order valence-electron chi connectivity index (χ2n) is 4.97. The Morgan fingerprint density at radius 1 is 0.636 bits per heavy atom. The van der Waals surface area contributed by atoms with Crippen molar-refractivity contribution >= 4 is 0 Å². The zero-order valence-corrected chi connectivity index (χ0v) is 14.3. The number of aliphatic hydroxyl groups is 3. The first-order chi connectivity index (χ1) is 10.5. The molecule has 0 rings (SSSR count). The largest absolute Gasteiger partial charge is 0.394 e. The third-order valence-corrected chi connectivity index (χ3v) is 2.65. The molecule has 7 heteroatoms. The molecule has 0 aromatic carbocycles. The Balaban J connectivity index is 0. The van der Waals surface area contributed by atoms with Gasteiger partial charge in [0, 0.05) is 0 Å². The van der Waals surface area contributed by atoms with E-state index in [0.717, 1.165) is 6.42 Å². The molecule has 0 aromatic heterocycles. The normalized spacial score (nSPS) is 11.2. The highest BCUT2D eigenvalue weighted by Gasteiger charge is 2.14. The first-order valence-electron chi connectivity index (χ1n) is 7.73. The second-order valence-corrected chi connectivity index (χ2v) is 4.97. The molecule has 0 amide bonds. The highest BCUT2D eigenvalue weighted by atomic mass is 16.5. The van der Waals surface area contributed by atoms with Crippen molar-refractivity contribution in [2.45, 2.75) is 32.8 Å². The molecule has 0 heterocycles. The smallest absolute Gasteiger partial charge is 0.0707 e. The van der Waals surface area contributed by atoms with Gasteiger partial charge < -0.3 is 34.3 Å². The van der Waals surface area contributed by atoms with Crippen LogP contribution in [-0.4, -0.2) is 87.0 Å². The first-order valence-corrected chi connectivity index (χ1v) is 7.73. The molecule has 136 valence electrons. The fourth-order valence-electron chi connectivity index (χ4n) is 1.10. The molecular formula is C15H34O7. The molecule has 0 fully saturated rings. The van der Waals surface area contributed by atoms with Gasteiger partial charge in [0.05, 0.1) is 71.7 Å². The minimum Gasteiger partial charge on any atom is -0.394 e. The van der Waals surface area contributed by atoms with Crippen molar-refractivity contribution in [1.82, 2.24) is 0 Å². The van der Waals surface area contributed by atoms with Crippen LogP contribution in [0.5, 0.6) is 0 Å². The molecule has 0 atom stereocenters. The third kappa shape index (κ3) is 22.0. The Labute approximate surface area is 134 Å². The SMILES string of the molecule is CCC(C)(C)OCCOCCO.OCCOCCOCCO. The molecule has 0 unspecified atom stereocenters. The van der Waals surface area contributed by atoms with Crippen molar-refractivity contribution in [1.29, 1.82) is 0 Å². The number of rotatable bonds is 14.